The first kappa shape index (κ1) is 11.2. The molecule has 0 saturated carbocycles. The zero-order valence-electron chi connectivity index (χ0n) is 8.74. The molecule has 0 spiro atoms. The van der Waals surface area contributed by atoms with Gasteiger partial charge in [-0.25, -0.2) is 4.39 Å². The molecule has 0 aliphatic carbocycles. The highest BCUT2D eigenvalue weighted by Gasteiger charge is 2.29. The molecule has 1 saturated heterocycles. The van der Waals surface area contributed by atoms with Crippen LogP contribution in [0.5, 0.6) is 5.75 Å². The Morgan fingerprint density at radius 2 is 2.31 bits per heavy atom. The Hall–Kier alpha value is -1.29. The minimum atomic E-state index is -0.444. The van der Waals surface area contributed by atoms with Crippen LogP contribution in [0.1, 0.15) is 6.42 Å². The van der Waals surface area contributed by atoms with E-state index in [0.717, 1.165) is 0 Å². The van der Waals surface area contributed by atoms with Gasteiger partial charge in [-0.15, -0.1) is 11.6 Å². The molecule has 1 aromatic carbocycles. The van der Waals surface area contributed by atoms with Crippen molar-refractivity contribution in [3.8, 4) is 5.75 Å². The van der Waals surface area contributed by atoms with Gasteiger partial charge in [-0.1, -0.05) is 0 Å². The summed E-state index contributed by atoms with van der Waals surface area (Å²) >= 11 is 5.89. The Morgan fingerprint density at radius 1 is 1.56 bits per heavy atom. The van der Waals surface area contributed by atoms with Crippen LogP contribution in [0.15, 0.2) is 18.2 Å². The van der Waals surface area contributed by atoms with E-state index in [1.807, 2.05) is 0 Å². The van der Waals surface area contributed by atoms with Gasteiger partial charge in [-0.05, 0) is 12.1 Å². The van der Waals surface area contributed by atoms with Crippen LogP contribution in [-0.2, 0) is 4.79 Å². The fraction of sp³-hybridized carbons (Fsp3) is 0.364. The molecule has 86 valence electrons. The molecule has 0 N–H and O–H groups in total. The van der Waals surface area contributed by atoms with Crippen LogP contribution in [0.2, 0.25) is 0 Å². The molecular weight excluding hydrogens is 233 g/mol. The van der Waals surface area contributed by atoms with Crippen molar-refractivity contribution in [2.24, 2.45) is 0 Å². The summed E-state index contributed by atoms with van der Waals surface area (Å²) in [6, 6.07) is 4.33. The second kappa shape index (κ2) is 4.29. The van der Waals surface area contributed by atoms with Crippen molar-refractivity contribution in [1.29, 1.82) is 0 Å². The average molecular weight is 244 g/mol. The number of halogens is 2. The van der Waals surface area contributed by atoms with Crippen molar-refractivity contribution in [2.45, 2.75) is 11.8 Å². The largest absolute Gasteiger partial charge is 0.494 e. The van der Waals surface area contributed by atoms with E-state index in [0.29, 0.717) is 18.7 Å². The third-order valence-electron chi connectivity index (χ3n) is 2.52. The topological polar surface area (TPSA) is 29.5 Å². The Balaban J connectivity index is 2.30. The predicted molar refractivity (Wildman–Crippen MR) is 59.6 cm³/mol. The second-order valence-electron chi connectivity index (χ2n) is 3.62. The van der Waals surface area contributed by atoms with E-state index < -0.39 is 5.82 Å². The number of hydrogen-bond acceptors (Lipinski definition) is 2. The predicted octanol–water partition coefficient (Wildman–Crippen LogP) is 2.18. The molecule has 1 unspecified atom stereocenters. The fourth-order valence-electron chi connectivity index (χ4n) is 1.73. The minimum Gasteiger partial charge on any atom is -0.494 e. The summed E-state index contributed by atoms with van der Waals surface area (Å²) in [5.41, 5.74) is 0.617. The van der Waals surface area contributed by atoms with Gasteiger partial charge in [0.05, 0.1) is 12.5 Å². The van der Waals surface area contributed by atoms with Crippen LogP contribution in [-0.4, -0.2) is 24.9 Å². The number of methoxy groups -OCH3 is 1. The summed E-state index contributed by atoms with van der Waals surface area (Å²) in [5, 5.41) is -0.177. The number of nitrogens with zero attached hydrogens (tertiary/aromatic N) is 1. The quantitative estimate of drug-likeness (QED) is 0.745. The van der Waals surface area contributed by atoms with Crippen molar-refractivity contribution < 1.29 is 13.9 Å². The highest BCUT2D eigenvalue weighted by atomic mass is 35.5. The van der Waals surface area contributed by atoms with Gasteiger partial charge in [0.15, 0.2) is 11.6 Å². The van der Waals surface area contributed by atoms with Gasteiger partial charge >= 0.3 is 0 Å². The van der Waals surface area contributed by atoms with Crippen LogP contribution >= 0.6 is 11.6 Å². The lowest BCUT2D eigenvalue weighted by atomic mass is 10.2. The number of hydrogen-bond donors (Lipinski definition) is 0. The lowest BCUT2D eigenvalue weighted by molar-refractivity contribution is -0.117. The zero-order valence-corrected chi connectivity index (χ0v) is 9.50. The van der Waals surface area contributed by atoms with E-state index in [1.54, 1.807) is 11.0 Å². The number of carbonyl (C=O) groups is 1. The second-order valence-corrected chi connectivity index (χ2v) is 4.24. The molecule has 1 fully saturated rings. The Bertz CT molecular complexity index is 424. The maximum absolute atomic E-state index is 13.2. The normalized spacial score (nSPS) is 20.3. The highest BCUT2D eigenvalue weighted by Crippen LogP contribution is 2.28. The standard InChI is InChI=1S/C11H11ClFNO2/c1-16-10-5-8(2-3-9(10)13)14-6-7(12)4-11(14)15/h2-3,5,7H,4,6H2,1H3. The van der Waals surface area contributed by atoms with Crippen molar-refractivity contribution in [1.82, 2.24) is 0 Å². The van der Waals surface area contributed by atoms with Crippen molar-refractivity contribution in [3.63, 3.8) is 0 Å². The first-order valence-electron chi connectivity index (χ1n) is 4.90. The first-order valence-corrected chi connectivity index (χ1v) is 5.33. The van der Waals surface area contributed by atoms with Crippen molar-refractivity contribution >= 4 is 23.2 Å². The summed E-state index contributed by atoms with van der Waals surface area (Å²) in [7, 11) is 1.39. The minimum absolute atomic E-state index is 0.0475. The van der Waals surface area contributed by atoms with Gasteiger partial charge in [0.1, 0.15) is 0 Å². The van der Waals surface area contributed by atoms with Crippen LogP contribution in [0, 0.1) is 5.82 Å². The van der Waals surface area contributed by atoms with E-state index in [2.05, 4.69) is 0 Å². The number of rotatable bonds is 2. The molecule has 0 aromatic heterocycles. The number of amides is 1. The molecule has 1 aliphatic rings. The van der Waals surface area contributed by atoms with Crippen LogP contribution < -0.4 is 9.64 Å². The van der Waals surface area contributed by atoms with Gasteiger partial charge in [0.2, 0.25) is 5.91 Å². The zero-order chi connectivity index (χ0) is 11.7. The van der Waals surface area contributed by atoms with Crippen LogP contribution in [0.25, 0.3) is 0 Å². The third kappa shape index (κ3) is 1.97. The molecule has 16 heavy (non-hydrogen) atoms. The average Bonchev–Trinajstić information content (AvgIpc) is 2.59. The monoisotopic (exact) mass is 243 g/mol. The number of benzene rings is 1. The maximum Gasteiger partial charge on any atom is 0.228 e. The molecule has 5 heteroatoms. The Kier molecular flexibility index (Phi) is 3.01. The van der Waals surface area contributed by atoms with Gasteiger partial charge in [0, 0.05) is 24.7 Å². The SMILES string of the molecule is COc1cc(N2CC(Cl)CC2=O)ccc1F. The van der Waals surface area contributed by atoms with Crippen LogP contribution in [0.3, 0.4) is 0 Å². The van der Waals surface area contributed by atoms with Crippen molar-refractivity contribution in [2.75, 3.05) is 18.6 Å². The van der Waals surface area contributed by atoms with Gasteiger partial charge in [0.25, 0.3) is 0 Å². The van der Waals surface area contributed by atoms with Gasteiger partial charge in [-0.3, -0.25) is 4.79 Å². The number of anilines is 1. The smallest absolute Gasteiger partial charge is 0.228 e. The van der Waals surface area contributed by atoms with E-state index in [4.69, 9.17) is 16.3 Å². The van der Waals surface area contributed by atoms with E-state index in [1.165, 1.54) is 19.2 Å². The highest BCUT2D eigenvalue weighted by molar-refractivity contribution is 6.24. The lowest BCUT2D eigenvalue weighted by Gasteiger charge is -2.16. The molecule has 0 radical (unpaired) electrons. The molecule has 0 bridgehead atoms. The molecule has 1 aromatic rings. The molecule has 1 aliphatic heterocycles. The van der Waals surface area contributed by atoms with Crippen molar-refractivity contribution in [3.05, 3.63) is 24.0 Å². The number of alkyl halides is 1. The summed E-state index contributed by atoms with van der Waals surface area (Å²) in [5.74, 6) is -0.364. The van der Waals surface area contributed by atoms with E-state index >= 15 is 0 Å². The number of ether oxygens (including phenoxy) is 1. The summed E-state index contributed by atoms with van der Waals surface area (Å²) in [6.07, 6.45) is 0.321. The molecule has 3 nitrogen and oxygen atoms in total. The number of carbonyl (C=O) groups excluding carboxylic acids is 1. The molecule has 1 heterocycles. The first-order chi connectivity index (χ1) is 7.61. The molecular formula is C11H11ClFNO2. The maximum atomic E-state index is 13.2. The third-order valence-corrected chi connectivity index (χ3v) is 2.82. The Morgan fingerprint density at radius 3 is 2.88 bits per heavy atom. The summed E-state index contributed by atoms with van der Waals surface area (Å²) in [4.78, 5) is 13.1. The van der Waals surface area contributed by atoms with E-state index in [9.17, 15) is 9.18 Å². The van der Waals surface area contributed by atoms with Gasteiger partial charge in [-0.2, -0.15) is 0 Å². The Labute approximate surface area is 97.8 Å². The van der Waals surface area contributed by atoms with Crippen LogP contribution in [0.4, 0.5) is 10.1 Å². The van der Waals surface area contributed by atoms with E-state index in [-0.39, 0.29) is 17.0 Å². The molecule has 1 amide bonds. The lowest BCUT2D eigenvalue weighted by Crippen LogP contribution is -2.24. The summed E-state index contributed by atoms with van der Waals surface area (Å²) in [6.45, 7) is 0.454. The molecule has 1 atom stereocenters. The van der Waals surface area contributed by atoms with Gasteiger partial charge < -0.3 is 9.64 Å². The summed E-state index contributed by atoms with van der Waals surface area (Å²) < 4.78 is 18.0. The molecule has 2 rings (SSSR count). The fourth-order valence-corrected chi connectivity index (χ4v) is 2.00.